The van der Waals surface area contributed by atoms with Gasteiger partial charge in [0, 0.05) is 31.7 Å². The number of benzene rings is 2. The molecule has 0 spiro atoms. The summed E-state index contributed by atoms with van der Waals surface area (Å²) in [5.41, 5.74) is 2.90. The number of hydrogen-bond donors (Lipinski definition) is 1. The molecule has 2 amide bonds. The van der Waals surface area contributed by atoms with E-state index in [2.05, 4.69) is 20.5 Å². The zero-order valence-electron chi connectivity index (χ0n) is 22.3. The van der Waals surface area contributed by atoms with Crippen molar-refractivity contribution in [2.24, 2.45) is 0 Å². The second-order valence-electron chi connectivity index (χ2n) is 10.3. The molecule has 1 aliphatic heterocycles. The molecule has 1 N–H and O–H groups in total. The van der Waals surface area contributed by atoms with Gasteiger partial charge in [0.1, 0.15) is 18.1 Å². The van der Waals surface area contributed by atoms with Crippen LogP contribution in [0.15, 0.2) is 48.5 Å². The maximum Gasteiger partial charge on any atom is 0.247 e. The van der Waals surface area contributed by atoms with E-state index in [1.54, 1.807) is 9.58 Å². The highest BCUT2D eigenvalue weighted by atomic mass is 16.5. The average Bonchev–Trinajstić information content (AvgIpc) is 3.30. The predicted octanol–water partition coefficient (Wildman–Crippen LogP) is 2.95. The molecule has 0 unspecified atom stereocenters. The van der Waals surface area contributed by atoms with Crippen LogP contribution in [0.3, 0.4) is 0 Å². The smallest absolute Gasteiger partial charge is 0.247 e. The summed E-state index contributed by atoms with van der Waals surface area (Å²) in [6.45, 7) is 12.0. The Bertz CT molecular complexity index is 1220. The summed E-state index contributed by atoms with van der Waals surface area (Å²) >= 11 is 0. The number of carbonyl (C=O) groups excluding carboxylic acids is 2. The first-order valence-corrected chi connectivity index (χ1v) is 13.0. The van der Waals surface area contributed by atoms with Crippen LogP contribution in [0, 0.1) is 6.92 Å². The molecule has 0 aliphatic carbocycles. The van der Waals surface area contributed by atoms with Crippen molar-refractivity contribution < 1.29 is 14.3 Å². The van der Waals surface area contributed by atoms with Gasteiger partial charge in [0.2, 0.25) is 11.8 Å². The molecule has 0 saturated carbocycles. The fourth-order valence-corrected chi connectivity index (χ4v) is 4.56. The van der Waals surface area contributed by atoms with E-state index in [1.165, 1.54) is 0 Å². The zero-order valence-corrected chi connectivity index (χ0v) is 22.3. The predicted molar refractivity (Wildman–Crippen MR) is 143 cm³/mol. The highest BCUT2D eigenvalue weighted by molar-refractivity contribution is 5.90. The number of nitrogens with one attached hydrogen (secondary N) is 1. The molecule has 1 saturated heterocycles. The van der Waals surface area contributed by atoms with E-state index in [9.17, 15) is 9.59 Å². The minimum absolute atomic E-state index is 0.00352. The highest BCUT2D eigenvalue weighted by Crippen LogP contribution is 2.27. The maximum absolute atomic E-state index is 14.0. The Morgan fingerprint density at radius 3 is 2.54 bits per heavy atom. The first kappa shape index (κ1) is 26.8. The molecule has 3 aromatic rings. The minimum Gasteiger partial charge on any atom is -0.379 e. The molecule has 9 heteroatoms. The number of para-hydroxylation sites is 1. The first-order valence-electron chi connectivity index (χ1n) is 13.0. The van der Waals surface area contributed by atoms with Crippen LogP contribution in [0.4, 0.5) is 0 Å². The zero-order chi connectivity index (χ0) is 26.4. The number of aromatic nitrogens is 3. The lowest BCUT2D eigenvalue weighted by molar-refractivity contribution is -0.142. The summed E-state index contributed by atoms with van der Waals surface area (Å²) in [7, 11) is 0. The molecule has 1 atom stereocenters. The van der Waals surface area contributed by atoms with Crippen LogP contribution in [-0.4, -0.2) is 81.5 Å². The molecule has 0 bridgehead atoms. The Balaban J connectivity index is 1.69. The minimum atomic E-state index is -0.768. The van der Waals surface area contributed by atoms with Crippen LogP contribution >= 0.6 is 0 Å². The van der Waals surface area contributed by atoms with Gasteiger partial charge in [-0.25, -0.2) is 4.68 Å². The van der Waals surface area contributed by atoms with E-state index < -0.39 is 11.6 Å². The van der Waals surface area contributed by atoms with Crippen LogP contribution in [0.1, 0.15) is 44.4 Å². The summed E-state index contributed by atoms with van der Waals surface area (Å²) in [6, 6.07) is 14.6. The SMILES string of the molecule is CCC(C)(C)NC(=O)[C@@H](c1ccccc1C)N(CCN1CCOCC1)C(=O)Cn1nnc2ccccc21. The van der Waals surface area contributed by atoms with Gasteiger partial charge in [0.05, 0.1) is 18.7 Å². The van der Waals surface area contributed by atoms with Gasteiger partial charge in [-0.3, -0.25) is 14.5 Å². The number of fused-ring (bicyclic) bond motifs is 1. The van der Waals surface area contributed by atoms with Crippen molar-refractivity contribution >= 4 is 22.8 Å². The number of rotatable bonds is 10. The van der Waals surface area contributed by atoms with E-state index in [4.69, 9.17) is 4.74 Å². The van der Waals surface area contributed by atoms with Crippen molar-refractivity contribution in [3.8, 4) is 0 Å². The summed E-state index contributed by atoms with van der Waals surface area (Å²) < 4.78 is 7.11. The van der Waals surface area contributed by atoms with E-state index in [0.717, 1.165) is 41.7 Å². The maximum atomic E-state index is 14.0. The fourth-order valence-electron chi connectivity index (χ4n) is 4.56. The van der Waals surface area contributed by atoms with Gasteiger partial charge >= 0.3 is 0 Å². The molecule has 2 heterocycles. The molecule has 198 valence electrons. The third-order valence-corrected chi connectivity index (χ3v) is 7.17. The number of aryl methyl sites for hydroxylation is 1. The lowest BCUT2D eigenvalue weighted by atomic mass is 9.96. The third-order valence-electron chi connectivity index (χ3n) is 7.17. The summed E-state index contributed by atoms with van der Waals surface area (Å²) in [6.07, 6.45) is 0.770. The molecule has 1 fully saturated rings. The molecule has 0 radical (unpaired) electrons. The second kappa shape index (κ2) is 11.8. The van der Waals surface area contributed by atoms with Gasteiger partial charge in [-0.2, -0.15) is 0 Å². The number of morpholine rings is 1. The summed E-state index contributed by atoms with van der Waals surface area (Å²) in [5.74, 6) is -0.360. The quantitative estimate of drug-likeness (QED) is 0.455. The number of amides is 2. The lowest BCUT2D eigenvalue weighted by Crippen LogP contribution is -2.52. The number of nitrogens with zero attached hydrogens (tertiary/aromatic N) is 5. The van der Waals surface area contributed by atoms with E-state index in [-0.39, 0.29) is 18.4 Å². The Morgan fingerprint density at radius 2 is 1.81 bits per heavy atom. The standard InChI is InChI=1S/C28H38N6O3/c1-5-28(3,4)29-27(36)26(22-11-7-6-10-21(22)2)33(15-14-32-16-18-37-19-17-32)25(35)20-34-24-13-9-8-12-23(24)30-31-34/h6-13,26H,5,14-20H2,1-4H3,(H,29,36)/t26-/m1/s1. The molecular weight excluding hydrogens is 468 g/mol. The third kappa shape index (κ3) is 6.53. The van der Waals surface area contributed by atoms with Gasteiger partial charge in [0.15, 0.2) is 0 Å². The molecular formula is C28H38N6O3. The van der Waals surface area contributed by atoms with Gasteiger partial charge in [-0.05, 0) is 50.5 Å². The van der Waals surface area contributed by atoms with Crippen molar-refractivity contribution in [3.63, 3.8) is 0 Å². The molecule has 1 aliphatic rings. The molecule has 37 heavy (non-hydrogen) atoms. The Kier molecular flexibility index (Phi) is 8.56. The topological polar surface area (TPSA) is 92.6 Å². The van der Waals surface area contributed by atoms with E-state index in [1.807, 2.05) is 76.2 Å². The number of hydrogen-bond acceptors (Lipinski definition) is 6. The largest absolute Gasteiger partial charge is 0.379 e. The number of ether oxygens (including phenoxy) is 1. The Morgan fingerprint density at radius 1 is 1.11 bits per heavy atom. The van der Waals surface area contributed by atoms with Gasteiger partial charge in [0.25, 0.3) is 0 Å². The Labute approximate surface area is 218 Å². The molecule has 4 rings (SSSR count). The van der Waals surface area contributed by atoms with Crippen molar-refractivity contribution in [3.05, 3.63) is 59.7 Å². The van der Waals surface area contributed by atoms with Crippen LogP contribution in [0.25, 0.3) is 11.0 Å². The summed E-state index contributed by atoms with van der Waals surface area (Å²) in [4.78, 5) is 31.9. The highest BCUT2D eigenvalue weighted by Gasteiger charge is 2.35. The van der Waals surface area contributed by atoms with Gasteiger partial charge in [-0.1, -0.05) is 48.5 Å². The summed E-state index contributed by atoms with van der Waals surface area (Å²) in [5, 5.41) is 11.6. The van der Waals surface area contributed by atoms with Crippen LogP contribution in [-0.2, 0) is 20.9 Å². The first-order chi connectivity index (χ1) is 17.8. The second-order valence-corrected chi connectivity index (χ2v) is 10.3. The van der Waals surface area contributed by atoms with Gasteiger partial charge in [-0.15, -0.1) is 5.10 Å². The fraction of sp³-hybridized carbons (Fsp3) is 0.500. The van der Waals surface area contributed by atoms with E-state index >= 15 is 0 Å². The normalized spacial score (nSPS) is 15.5. The van der Waals surface area contributed by atoms with Crippen molar-refractivity contribution in [2.75, 3.05) is 39.4 Å². The van der Waals surface area contributed by atoms with Crippen molar-refractivity contribution in [1.82, 2.24) is 30.1 Å². The number of carbonyl (C=O) groups is 2. The van der Waals surface area contributed by atoms with Crippen molar-refractivity contribution in [2.45, 2.75) is 52.2 Å². The molecule has 9 nitrogen and oxygen atoms in total. The monoisotopic (exact) mass is 506 g/mol. The van der Waals surface area contributed by atoms with Crippen LogP contribution in [0.5, 0.6) is 0 Å². The average molecular weight is 507 g/mol. The molecule has 1 aromatic heterocycles. The van der Waals surface area contributed by atoms with Crippen LogP contribution in [0.2, 0.25) is 0 Å². The Hall–Kier alpha value is -3.30. The van der Waals surface area contributed by atoms with Crippen molar-refractivity contribution in [1.29, 1.82) is 0 Å². The van der Waals surface area contributed by atoms with Crippen LogP contribution < -0.4 is 5.32 Å². The lowest BCUT2D eigenvalue weighted by Gasteiger charge is -2.37. The molecule has 2 aromatic carbocycles. The van der Waals surface area contributed by atoms with E-state index in [0.29, 0.717) is 26.3 Å². The van der Waals surface area contributed by atoms with Gasteiger partial charge < -0.3 is 15.0 Å².